The normalized spacial score (nSPS) is 10.4. The van der Waals surface area contributed by atoms with Crippen LogP contribution in [0.15, 0.2) is 29.6 Å². The molecule has 0 radical (unpaired) electrons. The molecule has 7 heteroatoms. The second-order valence-electron chi connectivity index (χ2n) is 5.20. The summed E-state index contributed by atoms with van der Waals surface area (Å²) in [5.74, 6) is -0.351. The molecule has 24 heavy (non-hydrogen) atoms. The number of nitrogens with one attached hydrogen (secondary N) is 1. The summed E-state index contributed by atoms with van der Waals surface area (Å²) in [7, 11) is 0. The largest absolute Gasteiger partial charge is 0.494 e. The molecule has 1 heterocycles. The third kappa shape index (κ3) is 5.66. The Morgan fingerprint density at radius 3 is 2.92 bits per heavy atom. The number of hydrogen-bond acceptors (Lipinski definition) is 5. The van der Waals surface area contributed by atoms with Crippen LogP contribution in [0, 0.1) is 0 Å². The molecule has 0 aliphatic carbocycles. The first-order valence-electron chi connectivity index (χ1n) is 7.74. The number of aromatic nitrogens is 1. The first-order chi connectivity index (χ1) is 11.6. The number of rotatable bonds is 9. The third-order valence-electron chi connectivity index (χ3n) is 3.17. The van der Waals surface area contributed by atoms with Gasteiger partial charge in [0, 0.05) is 18.3 Å². The Labute approximate surface area is 144 Å². The zero-order valence-electron chi connectivity index (χ0n) is 13.4. The molecule has 0 bridgehead atoms. The third-order valence-corrected chi connectivity index (χ3v) is 4.08. The molecule has 2 N–H and O–H groups in total. The van der Waals surface area contributed by atoms with Crippen molar-refractivity contribution >= 4 is 23.2 Å². The van der Waals surface area contributed by atoms with Crippen molar-refractivity contribution in [1.82, 2.24) is 10.3 Å². The summed E-state index contributed by atoms with van der Waals surface area (Å²) in [6, 6.07) is 7.50. The molecule has 0 saturated carbocycles. The maximum absolute atomic E-state index is 12.0. The minimum Gasteiger partial charge on any atom is -0.494 e. The van der Waals surface area contributed by atoms with Crippen LogP contribution < -0.4 is 10.1 Å². The fraction of sp³-hybridized carbons (Fsp3) is 0.353. The van der Waals surface area contributed by atoms with Crippen molar-refractivity contribution in [3.8, 4) is 5.75 Å². The summed E-state index contributed by atoms with van der Waals surface area (Å²) in [6.07, 6.45) is 1.73. The van der Waals surface area contributed by atoms with Crippen molar-refractivity contribution in [2.75, 3.05) is 13.2 Å². The van der Waals surface area contributed by atoms with Crippen molar-refractivity contribution in [3.05, 3.63) is 45.9 Å². The van der Waals surface area contributed by atoms with E-state index in [0.717, 1.165) is 17.7 Å². The van der Waals surface area contributed by atoms with E-state index in [2.05, 4.69) is 10.3 Å². The summed E-state index contributed by atoms with van der Waals surface area (Å²) in [4.78, 5) is 26.7. The Morgan fingerprint density at radius 2 is 2.21 bits per heavy atom. The van der Waals surface area contributed by atoms with Crippen molar-refractivity contribution in [1.29, 1.82) is 0 Å². The Morgan fingerprint density at radius 1 is 1.38 bits per heavy atom. The van der Waals surface area contributed by atoms with Gasteiger partial charge in [0.2, 0.25) is 5.91 Å². The number of aromatic carboxylic acids is 1. The molecule has 2 aromatic rings. The highest BCUT2D eigenvalue weighted by atomic mass is 32.1. The Kier molecular flexibility index (Phi) is 6.74. The van der Waals surface area contributed by atoms with Crippen LogP contribution in [0.25, 0.3) is 0 Å². The quantitative estimate of drug-likeness (QED) is 0.727. The van der Waals surface area contributed by atoms with Gasteiger partial charge in [0.25, 0.3) is 0 Å². The standard InChI is InChI=1S/C17H20N2O4S/c1-2-8-23-13-5-3-4-12(9-13)10-15(20)18-7-6-16-19-14(11-24-16)17(21)22/h3-5,9,11H,2,6-8,10H2,1H3,(H,18,20)(H,21,22). The fourth-order valence-corrected chi connectivity index (χ4v) is 2.82. The van der Waals surface area contributed by atoms with Crippen LogP contribution in [-0.2, 0) is 17.6 Å². The molecule has 1 aromatic heterocycles. The number of nitrogens with zero attached hydrogens (tertiary/aromatic N) is 1. The van der Waals surface area contributed by atoms with Gasteiger partial charge in [-0.2, -0.15) is 0 Å². The average molecular weight is 348 g/mol. The van der Waals surface area contributed by atoms with E-state index >= 15 is 0 Å². The predicted octanol–water partition coefficient (Wildman–Crippen LogP) is 2.53. The van der Waals surface area contributed by atoms with Gasteiger partial charge in [-0.15, -0.1) is 11.3 Å². The minimum atomic E-state index is -1.04. The number of hydrogen-bond donors (Lipinski definition) is 2. The van der Waals surface area contributed by atoms with Crippen LogP contribution in [-0.4, -0.2) is 35.1 Å². The van der Waals surface area contributed by atoms with Crippen molar-refractivity contribution in [2.24, 2.45) is 0 Å². The maximum Gasteiger partial charge on any atom is 0.355 e. The van der Waals surface area contributed by atoms with Crippen LogP contribution in [0.5, 0.6) is 5.75 Å². The molecule has 0 aliphatic heterocycles. The number of carbonyl (C=O) groups is 2. The summed E-state index contributed by atoms with van der Waals surface area (Å²) >= 11 is 1.28. The van der Waals surface area contributed by atoms with E-state index in [0.29, 0.717) is 24.6 Å². The number of carboxylic acid groups (broad SMARTS) is 1. The number of ether oxygens (including phenoxy) is 1. The molecule has 128 valence electrons. The van der Waals surface area contributed by atoms with Gasteiger partial charge in [0.05, 0.1) is 18.0 Å². The first-order valence-corrected chi connectivity index (χ1v) is 8.62. The van der Waals surface area contributed by atoms with Crippen molar-refractivity contribution in [2.45, 2.75) is 26.2 Å². The molecule has 0 unspecified atom stereocenters. The van der Waals surface area contributed by atoms with Gasteiger partial charge in [0.1, 0.15) is 5.75 Å². The van der Waals surface area contributed by atoms with Gasteiger partial charge in [0.15, 0.2) is 5.69 Å². The Hall–Kier alpha value is -2.41. The molecule has 1 aromatic carbocycles. The number of amides is 1. The van der Waals surface area contributed by atoms with Crippen LogP contribution in [0.1, 0.15) is 34.4 Å². The van der Waals surface area contributed by atoms with Crippen LogP contribution >= 0.6 is 11.3 Å². The van der Waals surface area contributed by atoms with E-state index in [4.69, 9.17) is 9.84 Å². The molecule has 0 atom stereocenters. The predicted molar refractivity (Wildman–Crippen MR) is 91.7 cm³/mol. The van der Waals surface area contributed by atoms with E-state index in [9.17, 15) is 9.59 Å². The average Bonchev–Trinajstić information content (AvgIpc) is 3.02. The molecule has 2 rings (SSSR count). The summed E-state index contributed by atoms with van der Waals surface area (Å²) in [6.45, 7) is 3.12. The van der Waals surface area contributed by atoms with Gasteiger partial charge in [-0.25, -0.2) is 9.78 Å². The van der Waals surface area contributed by atoms with Gasteiger partial charge in [-0.05, 0) is 24.1 Å². The number of thiazole rings is 1. The lowest BCUT2D eigenvalue weighted by molar-refractivity contribution is -0.120. The SMILES string of the molecule is CCCOc1cccc(CC(=O)NCCc2nc(C(=O)O)cs2)c1. The molecule has 0 aliphatic rings. The molecule has 6 nitrogen and oxygen atoms in total. The first kappa shape index (κ1) is 17.9. The van der Waals surface area contributed by atoms with E-state index in [-0.39, 0.29) is 18.0 Å². The summed E-state index contributed by atoms with van der Waals surface area (Å²) < 4.78 is 5.55. The van der Waals surface area contributed by atoms with Crippen LogP contribution in [0.4, 0.5) is 0 Å². The monoisotopic (exact) mass is 348 g/mol. The highest BCUT2D eigenvalue weighted by Crippen LogP contribution is 2.14. The van der Waals surface area contributed by atoms with E-state index < -0.39 is 5.97 Å². The summed E-state index contributed by atoms with van der Waals surface area (Å²) in [5, 5.41) is 13.8. The van der Waals surface area contributed by atoms with E-state index in [1.54, 1.807) is 0 Å². The topological polar surface area (TPSA) is 88.5 Å². The number of benzene rings is 1. The molecular weight excluding hydrogens is 328 g/mol. The van der Waals surface area contributed by atoms with Gasteiger partial charge < -0.3 is 15.2 Å². The molecule has 0 saturated heterocycles. The van der Waals surface area contributed by atoms with Gasteiger partial charge >= 0.3 is 5.97 Å². The van der Waals surface area contributed by atoms with E-state index in [1.807, 2.05) is 31.2 Å². The molecule has 0 fully saturated rings. The zero-order chi connectivity index (χ0) is 17.4. The second kappa shape index (κ2) is 9.02. The lowest BCUT2D eigenvalue weighted by Crippen LogP contribution is -2.27. The van der Waals surface area contributed by atoms with Gasteiger partial charge in [-0.3, -0.25) is 4.79 Å². The lowest BCUT2D eigenvalue weighted by atomic mass is 10.1. The fourth-order valence-electron chi connectivity index (χ4n) is 2.05. The maximum atomic E-state index is 12.0. The minimum absolute atomic E-state index is 0.0465. The zero-order valence-corrected chi connectivity index (χ0v) is 14.3. The highest BCUT2D eigenvalue weighted by molar-refractivity contribution is 7.09. The Balaban J connectivity index is 1.77. The van der Waals surface area contributed by atoms with Crippen molar-refractivity contribution in [3.63, 3.8) is 0 Å². The van der Waals surface area contributed by atoms with Gasteiger partial charge in [-0.1, -0.05) is 19.1 Å². The molecule has 1 amide bonds. The summed E-state index contributed by atoms with van der Waals surface area (Å²) in [5.41, 5.74) is 0.939. The number of carboxylic acids is 1. The highest BCUT2D eigenvalue weighted by Gasteiger charge is 2.09. The molecule has 0 spiro atoms. The van der Waals surface area contributed by atoms with Crippen LogP contribution in [0.2, 0.25) is 0 Å². The van der Waals surface area contributed by atoms with Crippen LogP contribution in [0.3, 0.4) is 0 Å². The molecular formula is C17H20N2O4S. The lowest BCUT2D eigenvalue weighted by Gasteiger charge is -2.07. The van der Waals surface area contributed by atoms with E-state index in [1.165, 1.54) is 16.7 Å². The Bertz CT molecular complexity index is 699. The van der Waals surface area contributed by atoms with Crippen molar-refractivity contribution < 1.29 is 19.4 Å². The smallest absolute Gasteiger partial charge is 0.355 e. The second-order valence-corrected chi connectivity index (χ2v) is 6.15. The number of carbonyl (C=O) groups excluding carboxylic acids is 1.